The van der Waals surface area contributed by atoms with E-state index in [0.717, 1.165) is 31.0 Å². The van der Waals surface area contributed by atoms with Crippen molar-refractivity contribution >= 4 is 42.5 Å². The number of amides is 1. The summed E-state index contributed by atoms with van der Waals surface area (Å²) in [5, 5.41) is 3.61. The van der Waals surface area contributed by atoms with Gasteiger partial charge in [0.25, 0.3) is 0 Å². The van der Waals surface area contributed by atoms with Crippen LogP contribution in [-0.4, -0.2) is 46.7 Å². The number of thioether (sulfide) groups is 1. The molecule has 0 spiro atoms. The number of carbonyl (C=O) groups excluding carboxylic acids is 1. The molecule has 0 aliphatic carbocycles. The van der Waals surface area contributed by atoms with Gasteiger partial charge in [-0.2, -0.15) is 0 Å². The largest absolute Gasteiger partial charge is 0.340 e. The lowest BCUT2D eigenvalue weighted by molar-refractivity contribution is -0.128. The summed E-state index contributed by atoms with van der Waals surface area (Å²) in [6.45, 7) is 1.80. The van der Waals surface area contributed by atoms with Crippen LogP contribution in [0.3, 0.4) is 0 Å². The van der Waals surface area contributed by atoms with Gasteiger partial charge in [0.05, 0.1) is 11.4 Å². The van der Waals surface area contributed by atoms with Gasteiger partial charge in [-0.1, -0.05) is 6.07 Å². The number of hydrogen-bond acceptors (Lipinski definition) is 4. The molecule has 2 unspecified atom stereocenters. The molecule has 4 nitrogen and oxygen atoms in total. The fourth-order valence-corrected chi connectivity index (χ4v) is 3.83. The van der Waals surface area contributed by atoms with E-state index in [4.69, 9.17) is 0 Å². The third-order valence-corrected chi connectivity index (χ3v) is 5.03. The molecule has 3 rings (SSSR count). The lowest BCUT2D eigenvalue weighted by atomic mass is 10.1. The quantitative estimate of drug-likeness (QED) is 0.892. The fourth-order valence-electron chi connectivity index (χ4n) is 2.99. The van der Waals surface area contributed by atoms with Crippen molar-refractivity contribution < 1.29 is 4.79 Å². The molecule has 2 bridgehead atoms. The van der Waals surface area contributed by atoms with Crippen LogP contribution in [0.5, 0.6) is 0 Å². The van der Waals surface area contributed by atoms with Gasteiger partial charge in [0.15, 0.2) is 0 Å². The van der Waals surface area contributed by atoms with E-state index < -0.39 is 0 Å². The van der Waals surface area contributed by atoms with Crippen molar-refractivity contribution in [2.75, 3.05) is 18.8 Å². The third-order valence-electron chi connectivity index (χ3n) is 4.08. The number of nitrogens with one attached hydrogen (secondary N) is 1. The van der Waals surface area contributed by atoms with Crippen LogP contribution in [0.2, 0.25) is 0 Å². The second-order valence-corrected chi connectivity index (χ2v) is 6.57. The minimum atomic E-state index is 0. The molecule has 2 saturated heterocycles. The number of aromatic nitrogens is 1. The zero-order valence-corrected chi connectivity index (χ0v) is 14.9. The molecule has 2 aliphatic rings. The molecule has 7 heteroatoms. The molecule has 2 fully saturated rings. The van der Waals surface area contributed by atoms with Crippen LogP contribution in [0.1, 0.15) is 25.0 Å². The Bertz CT molecular complexity index is 463. The van der Waals surface area contributed by atoms with E-state index in [-0.39, 0.29) is 30.7 Å². The van der Waals surface area contributed by atoms with Gasteiger partial charge in [0.1, 0.15) is 0 Å². The normalized spacial score (nSPS) is 23.2. The van der Waals surface area contributed by atoms with Gasteiger partial charge in [0, 0.05) is 37.1 Å². The Balaban J connectivity index is 0.00000121. The van der Waals surface area contributed by atoms with Crippen LogP contribution in [-0.2, 0) is 10.5 Å². The summed E-state index contributed by atoms with van der Waals surface area (Å²) in [5.41, 5.74) is 1.04. The summed E-state index contributed by atoms with van der Waals surface area (Å²) in [6, 6.07) is 7.07. The van der Waals surface area contributed by atoms with Gasteiger partial charge in [-0.15, -0.1) is 36.6 Å². The van der Waals surface area contributed by atoms with E-state index in [1.54, 1.807) is 18.0 Å². The molecule has 1 aromatic rings. The van der Waals surface area contributed by atoms with Gasteiger partial charge in [-0.3, -0.25) is 9.78 Å². The van der Waals surface area contributed by atoms with E-state index in [1.807, 2.05) is 23.1 Å². The molecule has 0 radical (unpaired) electrons. The number of rotatable bonds is 4. The molecule has 2 atom stereocenters. The Morgan fingerprint density at radius 1 is 1.27 bits per heavy atom. The maximum atomic E-state index is 12.3. The van der Waals surface area contributed by atoms with Gasteiger partial charge in [0.2, 0.25) is 5.91 Å². The Morgan fingerprint density at radius 3 is 2.86 bits per heavy atom. The highest BCUT2D eigenvalue weighted by Gasteiger charge is 2.30. The van der Waals surface area contributed by atoms with Crippen molar-refractivity contribution in [3.8, 4) is 0 Å². The first-order valence-corrected chi connectivity index (χ1v) is 8.48. The van der Waals surface area contributed by atoms with Crippen molar-refractivity contribution in [2.45, 2.75) is 37.1 Å². The third kappa shape index (κ3) is 5.30. The minimum Gasteiger partial charge on any atom is -0.340 e. The Labute approximate surface area is 148 Å². The first-order valence-electron chi connectivity index (χ1n) is 7.33. The summed E-state index contributed by atoms with van der Waals surface area (Å²) in [4.78, 5) is 18.6. The van der Waals surface area contributed by atoms with Crippen molar-refractivity contribution in [3.63, 3.8) is 0 Å². The van der Waals surface area contributed by atoms with E-state index in [1.165, 1.54) is 12.8 Å². The molecule has 0 saturated carbocycles. The second kappa shape index (κ2) is 9.60. The molecule has 0 aromatic carbocycles. The number of halogens is 2. The van der Waals surface area contributed by atoms with E-state index >= 15 is 0 Å². The summed E-state index contributed by atoms with van der Waals surface area (Å²) >= 11 is 1.66. The molecule has 2 aliphatic heterocycles. The molecule has 3 heterocycles. The first kappa shape index (κ1) is 19.6. The highest BCUT2D eigenvalue weighted by Crippen LogP contribution is 2.21. The van der Waals surface area contributed by atoms with Crippen molar-refractivity contribution in [1.29, 1.82) is 0 Å². The Kier molecular flexibility index (Phi) is 8.54. The predicted octanol–water partition coefficient (Wildman–Crippen LogP) is 2.51. The lowest BCUT2D eigenvalue weighted by Crippen LogP contribution is -2.39. The fraction of sp³-hybridized carbons (Fsp3) is 0.600. The molecular weight excluding hydrogens is 341 g/mol. The van der Waals surface area contributed by atoms with Crippen molar-refractivity contribution in [1.82, 2.24) is 15.2 Å². The molecule has 22 heavy (non-hydrogen) atoms. The molecule has 1 aromatic heterocycles. The molecule has 124 valence electrons. The predicted molar refractivity (Wildman–Crippen MR) is 96.0 cm³/mol. The van der Waals surface area contributed by atoms with Gasteiger partial charge in [-0.25, -0.2) is 0 Å². The van der Waals surface area contributed by atoms with Gasteiger partial charge >= 0.3 is 0 Å². The second-order valence-electron chi connectivity index (χ2n) is 5.58. The first-order chi connectivity index (χ1) is 9.81. The highest BCUT2D eigenvalue weighted by molar-refractivity contribution is 7.99. The SMILES string of the molecule is Cl.Cl.O=C(CSCc1ccccn1)N1CCC2CCC(C1)N2. The average molecular weight is 364 g/mol. The van der Waals surface area contributed by atoms with E-state index in [0.29, 0.717) is 17.8 Å². The van der Waals surface area contributed by atoms with Crippen LogP contribution < -0.4 is 5.32 Å². The molecule has 1 N–H and O–H groups in total. The lowest BCUT2D eigenvalue weighted by Gasteiger charge is -2.24. The van der Waals surface area contributed by atoms with Crippen LogP contribution in [0.4, 0.5) is 0 Å². The Hall–Kier alpha value is -0.490. The van der Waals surface area contributed by atoms with Gasteiger partial charge < -0.3 is 10.2 Å². The maximum Gasteiger partial charge on any atom is 0.232 e. The summed E-state index contributed by atoms with van der Waals surface area (Å²) in [5.74, 6) is 1.65. The standard InChI is InChI=1S/C15H21N3OS.2ClH/c19-15(11-20-10-14-3-1-2-7-16-14)18-8-6-12-4-5-13(9-18)17-12;;/h1-3,7,12-13,17H,4-6,8-11H2;2*1H. The van der Waals surface area contributed by atoms with Crippen molar-refractivity contribution in [2.24, 2.45) is 0 Å². The van der Waals surface area contributed by atoms with Gasteiger partial charge in [-0.05, 0) is 31.4 Å². The smallest absolute Gasteiger partial charge is 0.232 e. The van der Waals surface area contributed by atoms with E-state index in [9.17, 15) is 4.79 Å². The van der Waals surface area contributed by atoms with Crippen LogP contribution >= 0.6 is 36.6 Å². The highest BCUT2D eigenvalue weighted by atomic mass is 35.5. The topological polar surface area (TPSA) is 45.2 Å². The number of hydrogen-bond donors (Lipinski definition) is 1. The minimum absolute atomic E-state index is 0. The zero-order chi connectivity index (χ0) is 13.8. The van der Waals surface area contributed by atoms with Crippen LogP contribution in [0.25, 0.3) is 0 Å². The average Bonchev–Trinajstić information content (AvgIpc) is 2.79. The monoisotopic (exact) mass is 363 g/mol. The number of pyridine rings is 1. The number of nitrogens with zero attached hydrogens (tertiary/aromatic N) is 2. The zero-order valence-electron chi connectivity index (χ0n) is 12.4. The van der Waals surface area contributed by atoms with Crippen LogP contribution in [0, 0.1) is 0 Å². The molecule has 1 amide bonds. The van der Waals surface area contributed by atoms with Crippen LogP contribution in [0.15, 0.2) is 24.4 Å². The van der Waals surface area contributed by atoms with E-state index in [2.05, 4.69) is 10.3 Å². The van der Waals surface area contributed by atoms with Crippen molar-refractivity contribution in [3.05, 3.63) is 30.1 Å². The number of likely N-dealkylation sites (tertiary alicyclic amines) is 1. The summed E-state index contributed by atoms with van der Waals surface area (Å²) in [6.07, 6.45) is 5.40. The summed E-state index contributed by atoms with van der Waals surface area (Å²) in [7, 11) is 0. The maximum absolute atomic E-state index is 12.3. The number of carbonyl (C=O) groups is 1. The Morgan fingerprint density at radius 2 is 2.09 bits per heavy atom. The molecular formula is C15H23Cl2N3OS. The summed E-state index contributed by atoms with van der Waals surface area (Å²) < 4.78 is 0. The number of fused-ring (bicyclic) bond motifs is 2.